The summed E-state index contributed by atoms with van der Waals surface area (Å²) in [5, 5.41) is 22.7. The Bertz CT molecular complexity index is 787. The Morgan fingerprint density at radius 1 is 1.08 bits per heavy atom. The number of aromatic hydroxyl groups is 1. The van der Waals surface area contributed by atoms with Gasteiger partial charge in [-0.05, 0) is 64.8 Å². The van der Waals surface area contributed by atoms with E-state index in [1.54, 1.807) is 12.1 Å². The van der Waals surface area contributed by atoms with Crippen molar-refractivity contribution in [3.05, 3.63) is 64.7 Å². The molecule has 132 valence electrons. The van der Waals surface area contributed by atoms with Crippen LogP contribution in [0.3, 0.4) is 0 Å². The third-order valence-electron chi connectivity index (χ3n) is 4.76. The van der Waals surface area contributed by atoms with Crippen molar-refractivity contribution in [1.29, 1.82) is 0 Å². The van der Waals surface area contributed by atoms with Gasteiger partial charge in [-0.25, -0.2) is 0 Å². The molecule has 0 bridgehead atoms. The number of phenols is 1. The molecule has 3 nitrogen and oxygen atoms in total. The number of phenolic OH excluding ortho intramolecular Hbond substituents is 1. The predicted octanol–water partition coefficient (Wildman–Crippen LogP) is 5.01. The first-order valence-corrected chi connectivity index (χ1v) is 8.90. The molecule has 0 radical (unpaired) electrons. The maximum absolute atomic E-state index is 9.84. The van der Waals surface area contributed by atoms with E-state index < -0.39 is 0 Å². The summed E-state index contributed by atoms with van der Waals surface area (Å²) >= 11 is 0. The Balaban J connectivity index is 2.02. The average Bonchev–Trinajstić information content (AvgIpc) is 2.57. The Hall–Kier alpha value is -2.26. The van der Waals surface area contributed by atoms with Crippen molar-refractivity contribution in [3.8, 4) is 5.75 Å². The summed E-state index contributed by atoms with van der Waals surface area (Å²) in [6.07, 6.45) is 3.80. The fraction of sp³-hybridized carbons (Fsp3) is 0.364. The molecule has 1 aliphatic rings. The number of aliphatic hydroxyl groups is 1. The van der Waals surface area contributed by atoms with E-state index in [0.717, 1.165) is 24.1 Å². The van der Waals surface area contributed by atoms with Gasteiger partial charge in [0.15, 0.2) is 0 Å². The first kappa shape index (κ1) is 17.6. The van der Waals surface area contributed by atoms with Gasteiger partial charge in [0.2, 0.25) is 0 Å². The molecule has 0 spiro atoms. The first-order valence-electron chi connectivity index (χ1n) is 8.90. The van der Waals surface area contributed by atoms with Gasteiger partial charge in [0.05, 0.1) is 6.04 Å². The van der Waals surface area contributed by atoms with Crippen LogP contribution in [0.1, 0.15) is 56.3 Å². The van der Waals surface area contributed by atoms with E-state index in [-0.39, 0.29) is 23.8 Å². The lowest BCUT2D eigenvalue weighted by molar-refractivity contribution is 0.288. The van der Waals surface area contributed by atoms with E-state index in [4.69, 9.17) is 0 Å². The number of rotatable bonds is 4. The lowest BCUT2D eigenvalue weighted by Gasteiger charge is -2.30. The molecule has 3 N–H and O–H groups in total. The summed E-state index contributed by atoms with van der Waals surface area (Å²) < 4.78 is 0. The number of aliphatic hydroxyl groups excluding tert-OH is 1. The third kappa shape index (κ3) is 3.88. The van der Waals surface area contributed by atoms with Gasteiger partial charge in [-0.15, -0.1) is 0 Å². The van der Waals surface area contributed by atoms with Gasteiger partial charge in [-0.2, -0.15) is 0 Å². The zero-order valence-electron chi connectivity index (χ0n) is 15.2. The van der Waals surface area contributed by atoms with Crippen molar-refractivity contribution < 1.29 is 10.2 Å². The monoisotopic (exact) mass is 337 g/mol. The number of benzene rings is 2. The molecule has 3 heteroatoms. The van der Waals surface area contributed by atoms with E-state index in [1.165, 1.54) is 16.7 Å². The Morgan fingerprint density at radius 3 is 2.56 bits per heavy atom. The highest BCUT2D eigenvalue weighted by atomic mass is 16.3. The van der Waals surface area contributed by atoms with Crippen LogP contribution >= 0.6 is 0 Å². The molecule has 1 heterocycles. The van der Waals surface area contributed by atoms with Crippen LogP contribution in [0.5, 0.6) is 5.75 Å². The fourth-order valence-electron chi connectivity index (χ4n) is 3.31. The Labute approximate surface area is 150 Å². The van der Waals surface area contributed by atoms with E-state index in [9.17, 15) is 10.2 Å². The van der Waals surface area contributed by atoms with Crippen LogP contribution in [-0.2, 0) is 5.41 Å². The molecular formula is C22H27NO2. The maximum atomic E-state index is 9.84. The SMILES string of the molecule is CC(C)(C)c1ccc2c(c1)C=C(CCCO)[C@@H](c1cccc(O)c1)N2. The van der Waals surface area contributed by atoms with Crippen LogP contribution < -0.4 is 5.32 Å². The highest BCUT2D eigenvalue weighted by Gasteiger charge is 2.24. The zero-order chi connectivity index (χ0) is 18.0. The molecule has 0 unspecified atom stereocenters. The smallest absolute Gasteiger partial charge is 0.115 e. The van der Waals surface area contributed by atoms with E-state index in [1.807, 2.05) is 12.1 Å². The second-order valence-electron chi connectivity index (χ2n) is 7.77. The lowest BCUT2D eigenvalue weighted by Crippen LogP contribution is -2.19. The maximum Gasteiger partial charge on any atom is 0.115 e. The molecule has 0 amide bonds. The Kier molecular flexibility index (Phi) is 4.87. The topological polar surface area (TPSA) is 52.5 Å². The highest BCUT2D eigenvalue weighted by Crippen LogP contribution is 2.39. The highest BCUT2D eigenvalue weighted by molar-refractivity contribution is 5.75. The standard InChI is InChI=1S/C22H27NO2/c1-22(2,3)18-9-10-20-17(13-18)12-15(7-5-11-24)21(23-20)16-6-4-8-19(25)14-16/h4,6,8-10,12-14,21,23-25H,5,7,11H2,1-3H3/t21-/m0/s1. The van der Waals surface area contributed by atoms with Gasteiger partial charge >= 0.3 is 0 Å². The van der Waals surface area contributed by atoms with Crippen LogP contribution in [0.2, 0.25) is 0 Å². The summed E-state index contributed by atoms with van der Waals surface area (Å²) in [5.41, 5.74) is 5.98. The summed E-state index contributed by atoms with van der Waals surface area (Å²) in [6, 6.07) is 14.0. The summed E-state index contributed by atoms with van der Waals surface area (Å²) in [6.45, 7) is 6.84. The zero-order valence-corrected chi connectivity index (χ0v) is 15.2. The first-order chi connectivity index (χ1) is 11.9. The van der Waals surface area contributed by atoms with Gasteiger partial charge in [-0.1, -0.05) is 45.0 Å². The van der Waals surface area contributed by atoms with E-state index >= 15 is 0 Å². The van der Waals surface area contributed by atoms with Crippen molar-refractivity contribution in [2.45, 2.75) is 45.1 Å². The minimum Gasteiger partial charge on any atom is -0.508 e. The largest absolute Gasteiger partial charge is 0.508 e. The summed E-state index contributed by atoms with van der Waals surface area (Å²) in [7, 11) is 0. The van der Waals surface area contributed by atoms with Gasteiger partial charge in [0.1, 0.15) is 5.75 Å². The quantitative estimate of drug-likeness (QED) is 0.735. The number of anilines is 1. The lowest BCUT2D eigenvalue weighted by atomic mass is 9.83. The molecule has 0 saturated carbocycles. The molecule has 1 atom stereocenters. The molecule has 0 aliphatic carbocycles. The van der Waals surface area contributed by atoms with Gasteiger partial charge in [0.25, 0.3) is 0 Å². The molecule has 2 aromatic rings. The van der Waals surface area contributed by atoms with Crippen molar-refractivity contribution in [1.82, 2.24) is 0 Å². The summed E-state index contributed by atoms with van der Waals surface area (Å²) in [5.74, 6) is 0.273. The van der Waals surface area contributed by atoms with Gasteiger partial charge in [-0.3, -0.25) is 0 Å². The molecule has 1 aliphatic heterocycles. The Morgan fingerprint density at radius 2 is 1.88 bits per heavy atom. The second-order valence-corrected chi connectivity index (χ2v) is 7.77. The van der Waals surface area contributed by atoms with Crippen molar-refractivity contribution in [2.75, 3.05) is 11.9 Å². The minimum atomic E-state index is 0.0200. The van der Waals surface area contributed by atoms with Gasteiger partial charge < -0.3 is 15.5 Å². The van der Waals surface area contributed by atoms with Crippen LogP contribution in [0.15, 0.2) is 48.0 Å². The van der Waals surface area contributed by atoms with Crippen LogP contribution in [0.4, 0.5) is 5.69 Å². The van der Waals surface area contributed by atoms with Gasteiger partial charge in [0, 0.05) is 12.3 Å². The number of hydrogen-bond acceptors (Lipinski definition) is 3. The van der Waals surface area contributed by atoms with Crippen LogP contribution in [0, 0.1) is 0 Å². The predicted molar refractivity (Wildman–Crippen MR) is 104 cm³/mol. The molecule has 0 aromatic heterocycles. The van der Waals surface area contributed by atoms with Crippen molar-refractivity contribution >= 4 is 11.8 Å². The second kappa shape index (κ2) is 6.93. The normalized spacial score (nSPS) is 16.8. The number of hydrogen-bond donors (Lipinski definition) is 3. The number of fused-ring (bicyclic) bond motifs is 1. The molecule has 3 rings (SSSR count). The van der Waals surface area contributed by atoms with E-state index in [2.05, 4.69) is 50.4 Å². The van der Waals surface area contributed by atoms with E-state index in [0.29, 0.717) is 0 Å². The molecule has 2 aromatic carbocycles. The molecule has 25 heavy (non-hydrogen) atoms. The van der Waals surface area contributed by atoms with Crippen LogP contribution in [0.25, 0.3) is 6.08 Å². The van der Waals surface area contributed by atoms with Crippen molar-refractivity contribution in [3.63, 3.8) is 0 Å². The minimum absolute atomic E-state index is 0.0200. The summed E-state index contributed by atoms with van der Waals surface area (Å²) in [4.78, 5) is 0. The number of nitrogens with one attached hydrogen (secondary N) is 1. The average molecular weight is 337 g/mol. The molecule has 0 saturated heterocycles. The molecular weight excluding hydrogens is 310 g/mol. The molecule has 0 fully saturated rings. The van der Waals surface area contributed by atoms with Crippen molar-refractivity contribution in [2.24, 2.45) is 0 Å². The third-order valence-corrected chi connectivity index (χ3v) is 4.76. The fourth-order valence-corrected chi connectivity index (χ4v) is 3.31. The van der Waals surface area contributed by atoms with Crippen LogP contribution in [-0.4, -0.2) is 16.8 Å².